The van der Waals surface area contributed by atoms with Crippen LogP contribution >= 0.6 is 15.9 Å². The van der Waals surface area contributed by atoms with Crippen LogP contribution < -0.4 is 5.32 Å². The smallest absolute Gasteiger partial charge is 0.255 e. The molecule has 0 saturated heterocycles. The molecule has 1 heterocycles. The SMILES string of the molecule is Cc1c(C(=O)NC(C)C(=O)N(C)C)cnn1-c1ccc(Br)cc1. The molecule has 1 aromatic carbocycles. The lowest BCUT2D eigenvalue weighted by Crippen LogP contribution is -2.44. The summed E-state index contributed by atoms with van der Waals surface area (Å²) in [6.07, 6.45) is 1.51. The first-order chi connectivity index (χ1) is 10.8. The molecule has 7 heteroatoms. The molecular formula is C16H19BrN4O2. The van der Waals surface area contributed by atoms with Crippen LogP contribution in [0.25, 0.3) is 5.69 Å². The maximum atomic E-state index is 12.4. The highest BCUT2D eigenvalue weighted by Crippen LogP contribution is 2.17. The molecule has 1 unspecified atom stereocenters. The average molecular weight is 379 g/mol. The van der Waals surface area contributed by atoms with Crippen LogP contribution in [0.2, 0.25) is 0 Å². The van der Waals surface area contributed by atoms with Gasteiger partial charge >= 0.3 is 0 Å². The van der Waals surface area contributed by atoms with Crippen molar-refractivity contribution in [3.8, 4) is 5.69 Å². The predicted molar refractivity (Wildman–Crippen MR) is 91.6 cm³/mol. The molecular weight excluding hydrogens is 360 g/mol. The number of likely N-dealkylation sites (N-methyl/N-ethyl adjacent to an activating group) is 1. The predicted octanol–water partition coefficient (Wildman–Crippen LogP) is 2.15. The molecule has 122 valence electrons. The molecule has 6 nitrogen and oxygen atoms in total. The maximum Gasteiger partial charge on any atom is 0.255 e. The minimum absolute atomic E-state index is 0.156. The molecule has 1 aromatic heterocycles. The van der Waals surface area contributed by atoms with E-state index < -0.39 is 6.04 Å². The largest absolute Gasteiger partial charge is 0.347 e. The molecule has 1 N–H and O–H groups in total. The lowest BCUT2D eigenvalue weighted by atomic mass is 10.2. The van der Waals surface area contributed by atoms with Gasteiger partial charge in [-0.25, -0.2) is 4.68 Å². The van der Waals surface area contributed by atoms with Crippen molar-refractivity contribution in [3.05, 3.63) is 46.2 Å². The molecule has 0 aliphatic carbocycles. The zero-order valence-corrected chi connectivity index (χ0v) is 15.1. The molecule has 23 heavy (non-hydrogen) atoms. The minimum atomic E-state index is -0.590. The lowest BCUT2D eigenvalue weighted by molar-refractivity contribution is -0.130. The Labute approximate surface area is 143 Å². The number of benzene rings is 1. The fraction of sp³-hybridized carbons (Fsp3) is 0.312. The van der Waals surface area contributed by atoms with E-state index in [9.17, 15) is 9.59 Å². The fourth-order valence-electron chi connectivity index (χ4n) is 2.20. The van der Waals surface area contributed by atoms with Gasteiger partial charge in [0.05, 0.1) is 23.1 Å². The van der Waals surface area contributed by atoms with Crippen LogP contribution in [-0.2, 0) is 4.79 Å². The number of hydrogen-bond donors (Lipinski definition) is 1. The third-order valence-electron chi connectivity index (χ3n) is 3.48. The van der Waals surface area contributed by atoms with E-state index in [0.717, 1.165) is 10.2 Å². The number of halogens is 1. The number of carbonyl (C=O) groups is 2. The second-order valence-electron chi connectivity index (χ2n) is 5.46. The quantitative estimate of drug-likeness (QED) is 0.885. The molecule has 0 fully saturated rings. The van der Waals surface area contributed by atoms with Gasteiger partial charge in [0.15, 0.2) is 0 Å². The van der Waals surface area contributed by atoms with Crippen LogP contribution in [0.5, 0.6) is 0 Å². The molecule has 2 amide bonds. The van der Waals surface area contributed by atoms with Crippen molar-refractivity contribution in [2.45, 2.75) is 19.9 Å². The third kappa shape index (κ3) is 3.79. The van der Waals surface area contributed by atoms with Gasteiger partial charge in [0.1, 0.15) is 6.04 Å². The number of hydrogen-bond acceptors (Lipinski definition) is 3. The van der Waals surface area contributed by atoms with Gasteiger partial charge < -0.3 is 10.2 Å². The molecule has 0 bridgehead atoms. The third-order valence-corrected chi connectivity index (χ3v) is 4.01. The van der Waals surface area contributed by atoms with Gasteiger partial charge in [-0.05, 0) is 38.1 Å². The van der Waals surface area contributed by atoms with E-state index in [-0.39, 0.29) is 11.8 Å². The summed E-state index contributed by atoms with van der Waals surface area (Å²) in [6.45, 7) is 3.48. The topological polar surface area (TPSA) is 67.2 Å². The van der Waals surface area contributed by atoms with E-state index in [1.165, 1.54) is 11.1 Å². The Bertz CT molecular complexity index is 722. The summed E-state index contributed by atoms with van der Waals surface area (Å²) in [4.78, 5) is 25.6. The zero-order chi connectivity index (χ0) is 17.1. The van der Waals surface area contributed by atoms with Gasteiger partial charge in [0.2, 0.25) is 5.91 Å². The van der Waals surface area contributed by atoms with Crippen molar-refractivity contribution >= 4 is 27.7 Å². The number of amides is 2. The van der Waals surface area contributed by atoms with Crippen molar-refractivity contribution in [2.24, 2.45) is 0 Å². The number of rotatable bonds is 4. The van der Waals surface area contributed by atoms with E-state index >= 15 is 0 Å². The van der Waals surface area contributed by atoms with E-state index in [2.05, 4.69) is 26.3 Å². The van der Waals surface area contributed by atoms with Crippen LogP contribution in [-0.4, -0.2) is 46.6 Å². The Hall–Kier alpha value is -2.15. The van der Waals surface area contributed by atoms with Crippen LogP contribution in [0.15, 0.2) is 34.9 Å². The van der Waals surface area contributed by atoms with Crippen molar-refractivity contribution in [2.75, 3.05) is 14.1 Å². The van der Waals surface area contributed by atoms with Gasteiger partial charge in [-0.1, -0.05) is 15.9 Å². The number of aromatic nitrogens is 2. The van der Waals surface area contributed by atoms with Gasteiger partial charge in [-0.2, -0.15) is 5.10 Å². The average Bonchev–Trinajstić information content (AvgIpc) is 2.88. The van der Waals surface area contributed by atoms with Gasteiger partial charge in [0, 0.05) is 18.6 Å². The van der Waals surface area contributed by atoms with Crippen LogP contribution in [0.1, 0.15) is 23.0 Å². The van der Waals surface area contributed by atoms with Crippen LogP contribution in [0.4, 0.5) is 0 Å². The Balaban J connectivity index is 2.20. The van der Waals surface area contributed by atoms with E-state index in [0.29, 0.717) is 11.3 Å². The zero-order valence-electron chi connectivity index (χ0n) is 13.5. The number of nitrogens with zero attached hydrogens (tertiary/aromatic N) is 3. The van der Waals surface area contributed by atoms with E-state index in [1.807, 2.05) is 31.2 Å². The first kappa shape index (κ1) is 17.2. The Morgan fingerprint density at radius 1 is 1.26 bits per heavy atom. The first-order valence-electron chi connectivity index (χ1n) is 7.14. The molecule has 2 aromatic rings. The van der Waals surface area contributed by atoms with Gasteiger partial charge in [0.25, 0.3) is 5.91 Å². The summed E-state index contributed by atoms with van der Waals surface area (Å²) in [7, 11) is 3.31. The molecule has 0 spiro atoms. The highest BCUT2D eigenvalue weighted by molar-refractivity contribution is 9.10. The summed E-state index contributed by atoms with van der Waals surface area (Å²) >= 11 is 3.39. The monoisotopic (exact) mass is 378 g/mol. The number of nitrogens with one attached hydrogen (secondary N) is 1. The molecule has 2 rings (SSSR count). The summed E-state index contributed by atoms with van der Waals surface area (Å²) < 4.78 is 2.67. The molecule has 0 aliphatic rings. The minimum Gasteiger partial charge on any atom is -0.347 e. The summed E-state index contributed by atoms with van der Waals surface area (Å²) in [5.41, 5.74) is 2.03. The van der Waals surface area contributed by atoms with Crippen LogP contribution in [0.3, 0.4) is 0 Å². The van der Waals surface area contributed by atoms with Crippen molar-refractivity contribution in [1.82, 2.24) is 20.0 Å². The highest BCUT2D eigenvalue weighted by atomic mass is 79.9. The Kier molecular flexibility index (Phi) is 5.20. The van der Waals surface area contributed by atoms with E-state index in [1.54, 1.807) is 25.7 Å². The summed E-state index contributed by atoms with van der Waals surface area (Å²) in [5.74, 6) is -0.468. The second-order valence-corrected chi connectivity index (χ2v) is 6.38. The first-order valence-corrected chi connectivity index (χ1v) is 7.93. The summed E-state index contributed by atoms with van der Waals surface area (Å²) in [6, 6.07) is 7.05. The normalized spacial score (nSPS) is 11.9. The Morgan fingerprint density at radius 2 is 1.87 bits per heavy atom. The van der Waals surface area contributed by atoms with Crippen molar-refractivity contribution in [1.29, 1.82) is 0 Å². The lowest BCUT2D eigenvalue weighted by Gasteiger charge is -2.17. The van der Waals surface area contributed by atoms with E-state index in [4.69, 9.17) is 0 Å². The maximum absolute atomic E-state index is 12.4. The molecule has 0 aliphatic heterocycles. The van der Waals surface area contributed by atoms with Gasteiger partial charge in [-0.15, -0.1) is 0 Å². The fourth-order valence-corrected chi connectivity index (χ4v) is 2.46. The molecule has 0 saturated carbocycles. The molecule has 0 radical (unpaired) electrons. The highest BCUT2D eigenvalue weighted by Gasteiger charge is 2.21. The number of carbonyl (C=O) groups excluding carboxylic acids is 2. The standard InChI is InChI=1S/C16H19BrN4O2/c1-10(16(23)20(3)4)19-15(22)14-9-18-21(11(14)2)13-7-5-12(17)6-8-13/h5-10H,1-4H3,(H,19,22). The Morgan fingerprint density at radius 3 is 2.43 bits per heavy atom. The summed E-state index contributed by atoms with van der Waals surface area (Å²) in [5, 5.41) is 6.97. The molecule has 1 atom stereocenters. The van der Waals surface area contributed by atoms with Gasteiger partial charge in [-0.3, -0.25) is 9.59 Å². The van der Waals surface area contributed by atoms with Crippen molar-refractivity contribution < 1.29 is 9.59 Å². The van der Waals surface area contributed by atoms with Crippen molar-refractivity contribution in [3.63, 3.8) is 0 Å². The second kappa shape index (κ2) is 6.95. The van der Waals surface area contributed by atoms with Crippen LogP contribution in [0, 0.1) is 6.92 Å².